The predicted molar refractivity (Wildman–Crippen MR) is 101 cm³/mol. The van der Waals surface area contributed by atoms with Gasteiger partial charge in [-0.1, -0.05) is 12.8 Å². The highest BCUT2D eigenvalue weighted by Crippen LogP contribution is 2.27. The highest BCUT2D eigenvalue weighted by atomic mass is 16.2. The Kier molecular flexibility index (Phi) is 6.65. The van der Waals surface area contributed by atoms with Crippen molar-refractivity contribution in [2.24, 2.45) is 12.8 Å². The van der Waals surface area contributed by atoms with Crippen LogP contribution < -0.4 is 11.1 Å². The Morgan fingerprint density at radius 2 is 1.74 bits per heavy atom. The molecule has 0 spiro atoms. The van der Waals surface area contributed by atoms with E-state index in [1.54, 1.807) is 4.90 Å². The highest BCUT2D eigenvalue weighted by Gasteiger charge is 2.27. The molecule has 3 heterocycles. The minimum Gasteiger partial charge on any atom is -0.352 e. The van der Waals surface area contributed by atoms with Crippen LogP contribution in [0, 0.1) is 0 Å². The summed E-state index contributed by atoms with van der Waals surface area (Å²) in [6, 6.07) is -0.672. The zero-order valence-corrected chi connectivity index (χ0v) is 16.2. The summed E-state index contributed by atoms with van der Waals surface area (Å²) in [5.74, 6) is 2.26. The van der Waals surface area contributed by atoms with E-state index in [-0.39, 0.29) is 12.5 Å². The van der Waals surface area contributed by atoms with Gasteiger partial charge in [0.1, 0.15) is 11.6 Å². The number of urea groups is 1. The number of hydrogen-bond acceptors (Lipinski definition) is 5. The second kappa shape index (κ2) is 9.16. The number of nitrogens with two attached hydrogens (primary N) is 1. The van der Waals surface area contributed by atoms with E-state index in [1.165, 1.54) is 25.7 Å². The van der Waals surface area contributed by atoms with E-state index in [9.17, 15) is 9.59 Å². The van der Waals surface area contributed by atoms with Crippen molar-refractivity contribution < 1.29 is 9.59 Å². The van der Waals surface area contributed by atoms with Crippen molar-refractivity contribution in [3.8, 4) is 0 Å². The van der Waals surface area contributed by atoms with Gasteiger partial charge < -0.3 is 20.5 Å². The number of hydrogen-bond donors (Lipinski definition) is 2. The second-order valence-electron chi connectivity index (χ2n) is 7.60. The summed E-state index contributed by atoms with van der Waals surface area (Å²) in [4.78, 5) is 27.1. The lowest BCUT2D eigenvalue weighted by atomic mass is 9.96. The van der Waals surface area contributed by atoms with E-state index in [0.29, 0.717) is 19.0 Å². The second-order valence-corrected chi connectivity index (χ2v) is 7.60. The molecule has 1 aromatic rings. The molecule has 9 nitrogen and oxygen atoms in total. The van der Waals surface area contributed by atoms with Gasteiger partial charge in [-0.2, -0.15) is 0 Å². The van der Waals surface area contributed by atoms with E-state index in [2.05, 4.69) is 32.0 Å². The largest absolute Gasteiger partial charge is 0.352 e. The lowest BCUT2D eigenvalue weighted by Crippen LogP contribution is -2.45. The van der Waals surface area contributed by atoms with Gasteiger partial charge in [-0.3, -0.25) is 9.69 Å². The summed E-state index contributed by atoms with van der Waals surface area (Å²) in [5.41, 5.74) is 5.02. The molecule has 0 aromatic carbocycles. The van der Waals surface area contributed by atoms with Crippen molar-refractivity contribution in [2.45, 2.75) is 51.0 Å². The maximum absolute atomic E-state index is 12.1. The molecule has 2 fully saturated rings. The fourth-order valence-corrected chi connectivity index (χ4v) is 4.02. The fourth-order valence-electron chi connectivity index (χ4n) is 4.02. The van der Waals surface area contributed by atoms with Gasteiger partial charge in [-0.15, -0.1) is 10.2 Å². The first kappa shape index (κ1) is 19.6. The van der Waals surface area contributed by atoms with Crippen molar-refractivity contribution in [1.82, 2.24) is 29.9 Å². The normalized spacial score (nSPS) is 19.7. The van der Waals surface area contributed by atoms with E-state index in [0.717, 1.165) is 44.1 Å². The van der Waals surface area contributed by atoms with Gasteiger partial charge in [-0.05, 0) is 38.8 Å². The van der Waals surface area contributed by atoms with Crippen LogP contribution in [0.1, 0.15) is 56.1 Å². The standard InChI is InChI=1S/C18H31N7O2/c1-23-15(13-24-8-4-2-3-5-9-24)21-22-17(23)14-6-10-25(11-7-14)16(26)12-20-18(19)27/h14H,2-13H2,1H3,(H3,19,20,27). The number of nitrogens with zero attached hydrogens (tertiary/aromatic N) is 5. The maximum Gasteiger partial charge on any atom is 0.312 e. The third kappa shape index (κ3) is 5.18. The molecular formula is C18H31N7O2. The lowest BCUT2D eigenvalue weighted by Gasteiger charge is -2.31. The summed E-state index contributed by atoms with van der Waals surface area (Å²) in [6.07, 6.45) is 6.90. The number of nitrogens with one attached hydrogen (secondary N) is 1. The van der Waals surface area contributed by atoms with E-state index in [4.69, 9.17) is 5.73 Å². The first-order valence-electron chi connectivity index (χ1n) is 9.96. The Morgan fingerprint density at radius 1 is 1.07 bits per heavy atom. The van der Waals surface area contributed by atoms with E-state index < -0.39 is 6.03 Å². The number of carbonyl (C=O) groups excluding carboxylic acids is 2. The molecule has 3 amide bonds. The molecule has 0 aliphatic carbocycles. The molecule has 3 rings (SSSR count). The van der Waals surface area contributed by atoms with Crippen molar-refractivity contribution in [3.05, 3.63) is 11.6 Å². The van der Waals surface area contributed by atoms with Gasteiger partial charge in [0.05, 0.1) is 13.1 Å². The molecular weight excluding hydrogens is 346 g/mol. The molecule has 9 heteroatoms. The predicted octanol–water partition coefficient (Wildman–Crippen LogP) is 0.565. The monoisotopic (exact) mass is 377 g/mol. The third-order valence-electron chi connectivity index (χ3n) is 5.69. The van der Waals surface area contributed by atoms with Crippen molar-refractivity contribution >= 4 is 11.9 Å². The van der Waals surface area contributed by atoms with Crippen LogP contribution in [0.4, 0.5) is 4.79 Å². The number of carbonyl (C=O) groups is 2. The lowest BCUT2D eigenvalue weighted by molar-refractivity contribution is -0.131. The molecule has 0 unspecified atom stereocenters. The van der Waals surface area contributed by atoms with Crippen molar-refractivity contribution in [1.29, 1.82) is 0 Å². The van der Waals surface area contributed by atoms with Gasteiger partial charge in [-0.25, -0.2) is 4.79 Å². The minimum absolute atomic E-state index is 0.0378. The van der Waals surface area contributed by atoms with Crippen LogP contribution in [-0.4, -0.2) is 69.2 Å². The van der Waals surface area contributed by atoms with E-state index in [1.807, 2.05) is 0 Å². The average Bonchev–Trinajstić information content (AvgIpc) is 2.85. The molecule has 1 aromatic heterocycles. The molecule has 0 radical (unpaired) electrons. The Morgan fingerprint density at radius 3 is 2.37 bits per heavy atom. The van der Waals surface area contributed by atoms with Gasteiger partial charge in [0.2, 0.25) is 5.91 Å². The van der Waals surface area contributed by atoms with Gasteiger partial charge >= 0.3 is 6.03 Å². The number of aromatic nitrogens is 3. The number of likely N-dealkylation sites (tertiary alicyclic amines) is 2. The fraction of sp³-hybridized carbons (Fsp3) is 0.778. The number of amides is 3. The zero-order valence-electron chi connectivity index (χ0n) is 16.2. The summed E-state index contributed by atoms with van der Waals surface area (Å²) in [6.45, 7) is 4.43. The van der Waals surface area contributed by atoms with Crippen LogP contribution >= 0.6 is 0 Å². The van der Waals surface area contributed by atoms with Gasteiger partial charge in [0.25, 0.3) is 0 Å². The first-order chi connectivity index (χ1) is 13.0. The van der Waals surface area contributed by atoms with Crippen LogP contribution in [0.25, 0.3) is 0 Å². The summed E-state index contributed by atoms with van der Waals surface area (Å²) in [7, 11) is 2.05. The maximum atomic E-state index is 12.1. The van der Waals surface area contributed by atoms with Crippen LogP contribution in [0.3, 0.4) is 0 Å². The smallest absolute Gasteiger partial charge is 0.312 e. The SMILES string of the molecule is Cn1c(CN2CCCCCC2)nnc1C1CCN(C(=O)CNC(N)=O)CC1. The number of primary amides is 1. The van der Waals surface area contributed by atoms with Crippen LogP contribution in [0.5, 0.6) is 0 Å². The quantitative estimate of drug-likeness (QED) is 0.779. The molecule has 0 bridgehead atoms. The number of piperidine rings is 1. The van der Waals surface area contributed by atoms with Gasteiger partial charge in [0, 0.05) is 26.1 Å². The van der Waals surface area contributed by atoms with Crippen LogP contribution in [0.2, 0.25) is 0 Å². The molecule has 2 saturated heterocycles. The van der Waals surface area contributed by atoms with Crippen LogP contribution in [-0.2, 0) is 18.4 Å². The van der Waals surface area contributed by atoms with E-state index >= 15 is 0 Å². The van der Waals surface area contributed by atoms with Crippen molar-refractivity contribution in [3.63, 3.8) is 0 Å². The Balaban J connectivity index is 1.53. The minimum atomic E-state index is -0.672. The molecule has 0 atom stereocenters. The molecule has 2 aliphatic rings. The van der Waals surface area contributed by atoms with Gasteiger partial charge in [0.15, 0.2) is 0 Å². The highest BCUT2D eigenvalue weighted by molar-refractivity contribution is 5.83. The molecule has 3 N–H and O–H groups in total. The molecule has 150 valence electrons. The Hall–Kier alpha value is -2.16. The topological polar surface area (TPSA) is 109 Å². The average molecular weight is 377 g/mol. The first-order valence-corrected chi connectivity index (χ1v) is 9.96. The summed E-state index contributed by atoms with van der Waals surface area (Å²) in [5, 5.41) is 11.3. The third-order valence-corrected chi connectivity index (χ3v) is 5.69. The summed E-state index contributed by atoms with van der Waals surface area (Å²) < 4.78 is 2.14. The zero-order chi connectivity index (χ0) is 19.2. The summed E-state index contributed by atoms with van der Waals surface area (Å²) >= 11 is 0. The van der Waals surface area contributed by atoms with Crippen LogP contribution in [0.15, 0.2) is 0 Å². The molecule has 0 saturated carbocycles. The molecule has 2 aliphatic heterocycles. The Labute approximate surface area is 160 Å². The molecule has 27 heavy (non-hydrogen) atoms. The number of rotatable bonds is 5. The Bertz CT molecular complexity index is 644. The van der Waals surface area contributed by atoms with Crippen molar-refractivity contribution in [2.75, 3.05) is 32.7 Å².